The Bertz CT molecular complexity index is 971. The molecule has 0 bridgehead atoms. The first-order valence-corrected chi connectivity index (χ1v) is 11.4. The summed E-state index contributed by atoms with van der Waals surface area (Å²) in [4.78, 5) is 18.3. The molecule has 1 aliphatic rings. The molecule has 1 aromatic heterocycles. The minimum Gasteiger partial charge on any atom is -0.394 e. The lowest BCUT2D eigenvalue weighted by Gasteiger charge is -2.40. The van der Waals surface area contributed by atoms with Crippen LogP contribution in [0.3, 0.4) is 0 Å². The van der Waals surface area contributed by atoms with Gasteiger partial charge in [-0.25, -0.2) is 13.4 Å². The van der Waals surface area contributed by atoms with Crippen molar-refractivity contribution in [2.24, 2.45) is 13.0 Å². The van der Waals surface area contributed by atoms with Crippen molar-refractivity contribution in [2.75, 3.05) is 23.7 Å². The molecule has 2 N–H and O–H groups in total. The molecule has 0 unspecified atom stereocenters. The SMILES string of the molecule is CC(C)CS(=O)(=O)Nc1ccc([C@H]2OCC(=O)N(Cc3nccn3C)[C@@H]2CO)cc1. The van der Waals surface area contributed by atoms with Crippen molar-refractivity contribution < 1.29 is 23.1 Å². The Morgan fingerprint density at radius 2 is 2.00 bits per heavy atom. The topological polar surface area (TPSA) is 114 Å². The fraction of sp³-hybridized carbons (Fsp3) is 0.500. The molecule has 0 saturated carbocycles. The Morgan fingerprint density at radius 1 is 1.30 bits per heavy atom. The fourth-order valence-corrected chi connectivity index (χ4v) is 4.98. The number of carbonyl (C=O) groups is 1. The lowest BCUT2D eigenvalue weighted by molar-refractivity contribution is -0.162. The molecule has 1 aliphatic heterocycles. The van der Waals surface area contributed by atoms with Gasteiger partial charge in [-0.05, 0) is 23.6 Å². The van der Waals surface area contributed by atoms with Crippen LogP contribution in [0.1, 0.15) is 31.3 Å². The van der Waals surface area contributed by atoms with Crippen molar-refractivity contribution in [3.8, 4) is 0 Å². The van der Waals surface area contributed by atoms with E-state index in [1.165, 1.54) is 0 Å². The van der Waals surface area contributed by atoms with E-state index >= 15 is 0 Å². The Balaban J connectivity index is 1.77. The molecule has 2 atom stereocenters. The number of rotatable bonds is 8. The average Bonchev–Trinajstić information content (AvgIpc) is 3.07. The van der Waals surface area contributed by atoms with Gasteiger partial charge in [0, 0.05) is 25.1 Å². The van der Waals surface area contributed by atoms with E-state index in [4.69, 9.17) is 4.74 Å². The highest BCUT2D eigenvalue weighted by Crippen LogP contribution is 2.31. The van der Waals surface area contributed by atoms with Gasteiger partial charge in [0.05, 0.1) is 24.9 Å². The number of aliphatic hydroxyl groups is 1. The van der Waals surface area contributed by atoms with E-state index < -0.39 is 22.2 Å². The first-order valence-electron chi connectivity index (χ1n) is 9.78. The van der Waals surface area contributed by atoms with Gasteiger partial charge < -0.3 is 19.3 Å². The lowest BCUT2D eigenvalue weighted by atomic mass is 9.99. The van der Waals surface area contributed by atoms with E-state index in [0.29, 0.717) is 11.5 Å². The number of aryl methyl sites for hydroxylation is 1. The van der Waals surface area contributed by atoms with Gasteiger partial charge >= 0.3 is 0 Å². The summed E-state index contributed by atoms with van der Waals surface area (Å²) in [6, 6.07) is 6.23. The van der Waals surface area contributed by atoms with Crippen molar-refractivity contribution in [3.63, 3.8) is 0 Å². The first-order chi connectivity index (χ1) is 14.2. The maximum absolute atomic E-state index is 12.5. The maximum Gasteiger partial charge on any atom is 0.249 e. The van der Waals surface area contributed by atoms with Crippen molar-refractivity contribution >= 4 is 21.6 Å². The van der Waals surface area contributed by atoms with Crippen LogP contribution in [0.25, 0.3) is 0 Å². The number of ether oxygens (including phenoxy) is 1. The highest BCUT2D eigenvalue weighted by Gasteiger charge is 2.37. The number of hydrogen-bond donors (Lipinski definition) is 2. The van der Waals surface area contributed by atoms with Crippen molar-refractivity contribution in [3.05, 3.63) is 48.0 Å². The standard InChI is InChI=1S/C20H28N4O5S/c1-14(2)13-30(27,28)22-16-6-4-15(5-7-16)20-17(11-25)24(19(26)12-29-20)10-18-21-8-9-23(18)3/h4-9,14,17,20,22,25H,10-13H2,1-3H3/t17-,20-/m1/s1. The minimum absolute atomic E-state index is 0.0185. The highest BCUT2D eigenvalue weighted by molar-refractivity contribution is 7.92. The number of imidazole rings is 1. The van der Waals surface area contributed by atoms with Crippen LogP contribution < -0.4 is 4.72 Å². The maximum atomic E-state index is 12.5. The van der Waals surface area contributed by atoms with Gasteiger partial charge in [-0.2, -0.15) is 0 Å². The molecule has 9 nitrogen and oxygen atoms in total. The van der Waals surface area contributed by atoms with Gasteiger partial charge in [0.15, 0.2) is 0 Å². The summed E-state index contributed by atoms with van der Waals surface area (Å²) in [5.74, 6) is 0.547. The monoisotopic (exact) mass is 436 g/mol. The number of aromatic nitrogens is 2. The summed E-state index contributed by atoms with van der Waals surface area (Å²) in [5, 5.41) is 10.0. The molecule has 1 aromatic carbocycles. The molecule has 164 valence electrons. The fourth-order valence-electron chi connectivity index (χ4n) is 3.52. The predicted molar refractivity (Wildman–Crippen MR) is 112 cm³/mol. The van der Waals surface area contributed by atoms with Crippen LogP contribution in [-0.2, 0) is 33.1 Å². The molecule has 0 radical (unpaired) electrons. The number of anilines is 1. The second-order valence-corrected chi connectivity index (χ2v) is 9.62. The van der Waals surface area contributed by atoms with Gasteiger partial charge in [0.2, 0.25) is 15.9 Å². The number of aliphatic hydroxyl groups excluding tert-OH is 1. The van der Waals surface area contributed by atoms with Gasteiger partial charge in [-0.1, -0.05) is 26.0 Å². The molecule has 10 heteroatoms. The summed E-state index contributed by atoms with van der Waals surface area (Å²) >= 11 is 0. The van der Waals surface area contributed by atoms with Crippen LogP contribution in [0.4, 0.5) is 5.69 Å². The molecule has 3 rings (SSSR count). The molecule has 1 saturated heterocycles. The second kappa shape index (κ2) is 9.15. The number of hydrogen-bond acceptors (Lipinski definition) is 6. The van der Waals surface area contributed by atoms with E-state index in [2.05, 4.69) is 9.71 Å². The van der Waals surface area contributed by atoms with Crippen molar-refractivity contribution in [1.29, 1.82) is 0 Å². The Labute approximate surface area is 176 Å². The quantitative estimate of drug-likeness (QED) is 0.644. The Hall–Kier alpha value is -2.43. The molecular weight excluding hydrogens is 408 g/mol. The molecular formula is C20H28N4O5S. The van der Waals surface area contributed by atoms with E-state index in [0.717, 1.165) is 5.56 Å². The van der Waals surface area contributed by atoms with Crippen LogP contribution in [-0.4, -0.2) is 58.9 Å². The molecule has 0 spiro atoms. The van der Waals surface area contributed by atoms with Crippen LogP contribution in [0, 0.1) is 5.92 Å². The zero-order chi connectivity index (χ0) is 21.9. The Kier molecular flexibility index (Phi) is 6.79. The molecule has 2 aromatic rings. The zero-order valence-electron chi connectivity index (χ0n) is 17.4. The minimum atomic E-state index is -3.42. The Morgan fingerprint density at radius 3 is 2.57 bits per heavy atom. The van der Waals surface area contributed by atoms with E-state index in [1.54, 1.807) is 41.6 Å². The van der Waals surface area contributed by atoms with Crippen LogP contribution in [0.2, 0.25) is 0 Å². The molecule has 1 amide bonds. The third kappa shape index (κ3) is 5.18. The van der Waals surface area contributed by atoms with Crippen LogP contribution in [0.5, 0.6) is 0 Å². The number of benzene rings is 1. The summed E-state index contributed by atoms with van der Waals surface area (Å²) in [6.07, 6.45) is 2.92. The summed E-state index contributed by atoms with van der Waals surface area (Å²) in [5.41, 5.74) is 1.20. The molecule has 1 fully saturated rings. The molecule has 30 heavy (non-hydrogen) atoms. The normalized spacial score (nSPS) is 20.0. The van der Waals surface area contributed by atoms with Gasteiger partial charge in [-0.3, -0.25) is 9.52 Å². The van der Waals surface area contributed by atoms with E-state index in [-0.39, 0.29) is 37.3 Å². The van der Waals surface area contributed by atoms with Crippen molar-refractivity contribution in [1.82, 2.24) is 14.5 Å². The third-order valence-corrected chi connectivity index (χ3v) is 6.59. The van der Waals surface area contributed by atoms with Crippen LogP contribution in [0.15, 0.2) is 36.7 Å². The van der Waals surface area contributed by atoms with E-state index in [1.807, 2.05) is 25.5 Å². The number of morpholine rings is 1. The predicted octanol–water partition coefficient (Wildman–Crippen LogP) is 1.28. The number of sulfonamides is 1. The smallest absolute Gasteiger partial charge is 0.249 e. The average molecular weight is 437 g/mol. The molecule has 2 heterocycles. The summed E-state index contributed by atoms with van der Waals surface area (Å²) < 4.78 is 34.4. The molecule has 0 aliphatic carbocycles. The number of amides is 1. The van der Waals surface area contributed by atoms with Gasteiger partial charge in [0.1, 0.15) is 18.5 Å². The summed E-state index contributed by atoms with van der Waals surface area (Å²) in [7, 11) is -1.57. The number of nitrogens with zero attached hydrogens (tertiary/aromatic N) is 3. The third-order valence-electron chi connectivity index (χ3n) is 4.94. The lowest BCUT2D eigenvalue weighted by Crippen LogP contribution is -2.52. The van der Waals surface area contributed by atoms with Gasteiger partial charge in [-0.15, -0.1) is 0 Å². The second-order valence-electron chi connectivity index (χ2n) is 7.86. The summed E-state index contributed by atoms with van der Waals surface area (Å²) in [6.45, 7) is 3.57. The van der Waals surface area contributed by atoms with Crippen molar-refractivity contribution in [2.45, 2.75) is 32.5 Å². The van der Waals surface area contributed by atoms with Crippen LogP contribution >= 0.6 is 0 Å². The largest absolute Gasteiger partial charge is 0.394 e. The number of carbonyl (C=O) groups excluding carboxylic acids is 1. The first kappa shape index (κ1) is 22.3. The van der Waals surface area contributed by atoms with Gasteiger partial charge in [0.25, 0.3) is 0 Å². The number of nitrogens with one attached hydrogen (secondary N) is 1. The zero-order valence-corrected chi connectivity index (χ0v) is 18.2. The highest BCUT2D eigenvalue weighted by atomic mass is 32.2. The van der Waals surface area contributed by atoms with E-state index in [9.17, 15) is 18.3 Å².